The van der Waals surface area contributed by atoms with E-state index < -0.39 is 0 Å². The third-order valence-corrected chi connectivity index (χ3v) is 6.04. The molecule has 5 atom stereocenters. The molecule has 1 amide bonds. The predicted molar refractivity (Wildman–Crippen MR) is 78.0 cm³/mol. The number of hydrogen-bond acceptors (Lipinski definition) is 1. The molecular weight excluding hydrogens is 258 g/mol. The molecule has 3 heteroatoms. The molecule has 0 heterocycles. The maximum atomic E-state index is 12.3. The highest BCUT2D eigenvalue weighted by molar-refractivity contribution is 6.17. The number of carbonyl (C=O) groups excluding carboxylic acids is 1. The molecule has 0 aromatic carbocycles. The highest BCUT2D eigenvalue weighted by Gasteiger charge is 2.67. The minimum Gasteiger partial charge on any atom is -0.356 e. The summed E-state index contributed by atoms with van der Waals surface area (Å²) in [6, 6.07) is 0. The molecule has 3 saturated carbocycles. The van der Waals surface area contributed by atoms with E-state index in [4.69, 9.17) is 11.6 Å². The van der Waals surface area contributed by atoms with Crippen molar-refractivity contribution in [3.63, 3.8) is 0 Å². The van der Waals surface area contributed by atoms with Gasteiger partial charge in [-0.3, -0.25) is 4.79 Å². The van der Waals surface area contributed by atoms with Crippen LogP contribution in [0.2, 0.25) is 0 Å². The van der Waals surface area contributed by atoms with Gasteiger partial charge in [-0.05, 0) is 61.7 Å². The highest BCUT2D eigenvalue weighted by Crippen LogP contribution is 2.69. The first-order valence-electron chi connectivity index (χ1n) is 8.10. The van der Waals surface area contributed by atoms with Gasteiger partial charge in [0.1, 0.15) is 0 Å². The molecule has 3 aliphatic rings. The van der Waals surface area contributed by atoms with Gasteiger partial charge in [-0.1, -0.05) is 13.3 Å². The minimum absolute atomic E-state index is 0.349. The fourth-order valence-corrected chi connectivity index (χ4v) is 5.26. The van der Waals surface area contributed by atoms with Gasteiger partial charge in [0.15, 0.2) is 0 Å². The summed E-state index contributed by atoms with van der Waals surface area (Å²) in [6.07, 6.45) is 7.58. The van der Waals surface area contributed by atoms with Crippen LogP contribution in [0.5, 0.6) is 0 Å². The summed E-state index contributed by atoms with van der Waals surface area (Å²) in [7, 11) is 0. The summed E-state index contributed by atoms with van der Waals surface area (Å²) < 4.78 is 0. The Hall–Kier alpha value is -0.240. The van der Waals surface area contributed by atoms with Gasteiger partial charge >= 0.3 is 0 Å². The second-order valence-corrected chi connectivity index (χ2v) is 7.27. The van der Waals surface area contributed by atoms with Crippen molar-refractivity contribution in [2.75, 3.05) is 12.4 Å². The number of alkyl halides is 1. The molecule has 108 valence electrons. The number of amides is 1. The number of nitrogens with one attached hydrogen (secondary N) is 1. The Labute approximate surface area is 121 Å². The quantitative estimate of drug-likeness (QED) is 0.713. The molecule has 0 aromatic heterocycles. The zero-order chi connectivity index (χ0) is 13.4. The SMILES string of the molecule is CCCC(CCCl)CNC(=O)C1C2C3CCC(C3)C12. The van der Waals surface area contributed by atoms with Gasteiger partial charge in [-0.25, -0.2) is 0 Å². The molecule has 3 fully saturated rings. The zero-order valence-corrected chi connectivity index (χ0v) is 12.7. The molecule has 0 radical (unpaired) electrons. The van der Waals surface area contributed by atoms with E-state index >= 15 is 0 Å². The second-order valence-electron chi connectivity index (χ2n) is 6.89. The molecule has 1 N–H and O–H groups in total. The van der Waals surface area contributed by atoms with E-state index in [-0.39, 0.29) is 0 Å². The molecule has 2 bridgehead atoms. The van der Waals surface area contributed by atoms with Crippen LogP contribution in [0, 0.1) is 35.5 Å². The van der Waals surface area contributed by atoms with Crippen molar-refractivity contribution < 1.29 is 4.79 Å². The van der Waals surface area contributed by atoms with Crippen LogP contribution in [0.4, 0.5) is 0 Å². The van der Waals surface area contributed by atoms with Gasteiger partial charge in [0.2, 0.25) is 5.91 Å². The van der Waals surface area contributed by atoms with Crippen molar-refractivity contribution in [2.24, 2.45) is 35.5 Å². The fraction of sp³-hybridized carbons (Fsp3) is 0.938. The van der Waals surface area contributed by atoms with E-state index in [0.29, 0.717) is 23.6 Å². The van der Waals surface area contributed by atoms with Gasteiger partial charge in [-0.15, -0.1) is 11.6 Å². The third-order valence-electron chi connectivity index (χ3n) is 5.82. The van der Waals surface area contributed by atoms with Gasteiger partial charge in [0, 0.05) is 18.3 Å². The van der Waals surface area contributed by atoms with Crippen molar-refractivity contribution in [3.8, 4) is 0 Å². The molecule has 3 aliphatic carbocycles. The first-order chi connectivity index (χ1) is 9.26. The average Bonchev–Trinajstić information content (AvgIpc) is 2.85. The molecule has 0 aromatic rings. The fourth-order valence-electron chi connectivity index (χ4n) is 4.95. The summed E-state index contributed by atoms with van der Waals surface area (Å²) >= 11 is 5.83. The van der Waals surface area contributed by atoms with E-state index in [2.05, 4.69) is 12.2 Å². The van der Waals surface area contributed by atoms with Gasteiger partial charge in [-0.2, -0.15) is 0 Å². The van der Waals surface area contributed by atoms with E-state index in [1.54, 1.807) is 0 Å². The molecule has 0 aliphatic heterocycles. The summed E-state index contributed by atoms with van der Waals surface area (Å²) in [5.41, 5.74) is 0. The number of carbonyl (C=O) groups is 1. The van der Waals surface area contributed by atoms with E-state index in [0.717, 1.165) is 36.6 Å². The lowest BCUT2D eigenvalue weighted by Gasteiger charge is -2.16. The topological polar surface area (TPSA) is 29.1 Å². The zero-order valence-electron chi connectivity index (χ0n) is 11.9. The molecule has 2 nitrogen and oxygen atoms in total. The Morgan fingerprint density at radius 2 is 1.95 bits per heavy atom. The van der Waals surface area contributed by atoms with Gasteiger partial charge in [0.05, 0.1) is 0 Å². The van der Waals surface area contributed by atoms with Crippen LogP contribution in [-0.4, -0.2) is 18.3 Å². The van der Waals surface area contributed by atoms with Crippen LogP contribution in [0.3, 0.4) is 0 Å². The maximum Gasteiger partial charge on any atom is 0.223 e. The average molecular weight is 284 g/mol. The van der Waals surface area contributed by atoms with Crippen molar-refractivity contribution in [1.82, 2.24) is 5.32 Å². The van der Waals surface area contributed by atoms with Crippen LogP contribution in [0.25, 0.3) is 0 Å². The Morgan fingerprint density at radius 1 is 1.26 bits per heavy atom. The first kappa shape index (κ1) is 13.7. The Bertz CT molecular complexity index is 324. The van der Waals surface area contributed by atoms with E-state index in [1.165, 1.54) is 32.1 Å². The number of rotatable bonds is 7. The predicted octanol–water partition coefficient (Wildman–Crippen LogP) is 3.44. The number of halogens is 1. The number of hydrogen-bond donors (Lipinski definition) is 1. The van der Waals surface area contributed by atoms with Crippen LogP contribution < -0.4 is 5.32 Å². The summed E-state index contributed by atoms with van der Waals surface area (Å²) in [5.74, 6) is 5.31. The lowest BCUT2D eigenvalue weighted by Crippen LogP contribution is -2.32. The summed E-state index contributed by atoms with van der Waals surface area (Å²) in [5, 5.41) is 3.21. The van der Waals surface area contributed by atoms with E-state index in [9.17, 15) is 4.79 Å². The third kappa shape index (κ3) is 2.53. The van der Waals surface area contributed by atoms with Crippen molar-refractivity contribution in [2.45, 2.75) is 45.4 Å². The van der Waals surface area contributed by atoms with Crippen LogP contribution in [-0.2, 0) is 4.79 Å². The van der Waals surface area contributed by atoms with Crippen molar-refractivity contribution in [1.29, 1.82) is 0 Å². The normalized spacial score (nSPS) is 40.0. The second kappa shape index (κ2) is 5.63. The molecule has 0 spiro atoms. The van der Waals surface area contributed by atoms with Crippen LogP contribution in [0.1, 0.15) is 45.4 Å². The molecule has 5 unspecified atom stereocenters. The highest BCUT2D eigenvalue weighted by atomic mass is 35.5. The Balaban J connectivity index is 1.45. The molecule has 0 saturated heterocycles. The lowest BCUT2D eigenvalue weighted by molar-refractivity contribution is -0.123. The largest absolute Gasteiger partial charge is 0.356 e. The monoisotopic (exact) mass is 283 g/mol. The molecule has 19 heavy (non-hydrogen) atoms. The van der Waals surface area contributed by atoms with Crippen molar-refractivity contribution >= 4 is 17.5 Å². The standard InChI is InChI=1S/C16H26ClNO/c1-2-3-10(6-7-17)9-18-16(19)15-13-11-4-5-12(8-11)14(13)15/h10-15H,2-9H2,1H3,(H,18,19). The summed E-state index contributed by atoms with van der Waals surface area (Å²) in [4.78, 5) is 12.3. The van der Waals surface area contributed by atoms with Gasteiger partial charge in [0.25, 0.3) is 0 Å². The molecule has 3 rings (SSSR count). The van der Waals surface area contributed by atoms with Crippen molar-refractivity contribution in [3.05, 3.63) is 0 Å². The smallest absolute Gasteiger partial charge is 0.223 e. The first-order valence-corrected chi connectivity index (χ1v) is 8.63. The minimum atomic E-state index is 0.349. The van der Waals surface area contributed by atoms with Gasteiger partial charge < -0.3 is 5.32 Å². The summed E-state index contributed by atoms with van der Waals surface area (Å²) in [6.45, 7) is 3.04. The molecular formula is C16H26ClNO. The maximum absolute atomic E-state index is 12.3. The lowest BCUT2D eigenvalue weighted by atomic mass is 9.99. The van der Waals surface area contributed by atoms with Crippen LogP contribution >= 0.6 is 11.6 Å². The van der Waals surface area contributed by atoms with E-state index in [1.807, 2.05) is 0 Å². The van der Waals surface area contributed by atoms with Crippen LogP contribution in [0.15, 0.2) is 0 Å². The Kier molecular flexibility index (Phi) is 4.07. The Morgan fingerprint density at radius 3 is 2.53 bits per heavy atom. The number of fused-ring (bicyclic) bond motifs is 5.